The Hall–Kier alpha value is -3.54. The predicted molar refractivity (Wildman–Crippen MR) is 111 cm³/mol. The number of likely N-dealkylation sites (tertiary alicyclic amines) is 1. The van der Waals surface area contributed by atoms with Crippen molar-refractivity contribution in [1.82, 2.24) is 14.9 Å². The molecule has 3 aromatic rings. The minimum absolute atomic E-state index is 0.180. The maximum Gasteiger partial charge on any atom is 0.274 e. The normalized spacial score (nSPS) is 15.9. The highest BCUT2D eigenvalue weighted by molar-refractivity contribution is 6.01. The van der Waals surface area contributed by atoms with Crippen molar-refractivity contribution in [2.24, 2.45) is 0 Å². The number of hydrogen-bond acceptors (Lipinski definition) is 4. The van der Waals surface area contributed by atoms with E-state index < -0.39 is 6.04 Å². The van der Waals surface area contributed by atoms with E-state index >= 15 is 0 Å². The van der Waals surface area contributed by atoms with Crippen LogP contribution < -0.4 is 5.32 Å². The molecule has 4 rings (SSSR count). The summed E-state index contributed by atoms with van der Waals surface area (Å²) in [6, 6.07) is 15.5. The van der Waals surface area contributed by atoms with E-state index in [0.29, 0.717) is 18.7 Å². The van der Waals surface area contributed by atoms with Gasteiger partial charge in [0.15, 0.2) is 0 Å². The first kappa shape index (κ1) is 18.8. The van der Waals surface area contributed by atoms with Crippen LogP contribution in [-0.2, 0) is 4.79 Å². The Morgan fingerprint density at radius 2 is 1.86 bits per heavy atom. The molecule has 6 heteroatoms. The van der Waals surface area contributed by atoms with Crippen molar-refractivity contribution in [3.8, 4) is 11.1 Å². The minimum atomic E-state index is -0.507. The topological polar surface area (TPSA) is 75.2 Å². The summed E-state index contributed by atoms with van der Waals surface area (Å²) in [6.07, 6.45) is 5.85. The molecule has 0 bridgehead atoms. The van der Waals surface area contributed by atoms with Gasteiger partial charge in [-0.2, -0.15) is 0 Å². The second-order valence-electron chi connectivity index (χ2n) is 7.19. The van der Waals surface area contributed by atoms with Crippen molar-refractivity contribution in [2.75, 3.05) is 11.9 Å². The van der Waals surface area contributed by atoms with Crippen LogP contribution in [0.3, 0.4) is 0 Å². The van der Waals surface area contributed by atoms with Gasteiger partial charge >= 0.3 is 0 Å². The lowest BCUT2D eigenvalue weighted by molar-refractivity contribution is -0.119. The molecule has 2 aromatic carbocycles. The van der Waals surface area contributed by atoms with Gasteiger partial charge in [-0.1, -0.05) is 42.0 Å². The van der Waals surface area contributed by atoms with Crippen LogP contribution in [0.2, 0.25) is 0 Å². The zero-order valence-corrected chi connectivity index (χ0v) is 16.2. The van der Waals surface area contributed by atoms with Crippen LogP contribution in [-0.4, -0.2) is 39.3 Å². The molecule has 2 amide bonds. The fourth-order valence-electron chi connectivity index (χ4n) is 3.67. The van der Waals surface area contributed by atoms with Gasteiger partial charge < -0.3 is 10.2 Å². The van der Waals surface area contributed by atoms with Crippen LogP contribution in [0.1, 0.15) is 28.9 Å². The highest BCUT2D eigenvalue weighted by Gasteiger charge is 2.35. The molecular weight excluding hydrogens is 364 g/mol. The summed E-state index contributed by atoms with van der Waals surface area (Å²) in [4.78, 5) is 35.3. The van der Waals surface area contributed by atoms with Gasteiger partial charge in [0, 0.05) is 24.6 Å². The van der Waals surface area contributed by atoms with E-state index in [1.165, 1.54) is 24.2 Å². The van der Waals surface area contributed by atoms with Crippen molar-refractivity contribution in [2.45, 2.75) is 25.8 Å². The van der Waals surface area contributed by atoms with Crippen LogP contribution in [0.25, 0.3) is 11.1 Å². The van der Waals surface area contributed by atoms with Gasteiger partial charge in [-0.25, -0.2) is 4.98 Å². The molecule has 1 fully saturated rings. The second kappa shape index (κ2) is 8.22. The van der Waals surface area contributed by atoms with E-state index in [2.05, 4.69) is 34.3 Å². The summed E-state index contributed by atoms with van der Waals surface area (Å²) >= 11 is 0. The maximum absolute atomic E-state index is 12.9. The van der Waals surface area contributed by atoms with Crippen molar-refractivity contribution in [1.29, 1.82) is 0 Å². The lowest BCUT2D eigenvalue weighted by Gasteiger charge is -2.23. The van der Waals surface area contributed by atoms with E-state index in [4.69, 9.17) is 0 Å². The standard InChI is InChI=1S/C23H22N4O2/c1-16-5-2-6-17(13-16)18-7-3-8-19(14-18)26-22(28)21-9-4-12-27(21)23(29)20-15-24-10-11-25-20/h2-3,5-8,10-11,13-15,21H,4,9,12H2,1H3,(H,26,28). The van der Waals surface area contributed by atoms with Gasteiger partial charge in [0.1, 0.15) is 11.7 Å². The molecule has 0 spiro atoms. The van der Waals surface area contributed by atoms with Crippen LogP contribution >= 0.6 is 0 Å². The number of amides is 2. The Morgan fingerprint density at radius 3 is 2.62 bits per heavy atom. The maximum atomic E-state index is 12.9. The van der Waals surface area contributed by atoms with Crippen LogP contribution in [0.5, 0.6) is 0 Å². The van der Waals surface area contributed by atoms with Crippen molar-refractivity contribution < 1.29 is 9.59 Å². The van der Waals surface area contributed by atoms with E-state index in [-0.39, 0.29) is 17.5 Å². The van der Waals surface area contributed by atoms with E-state index in [1.807, 2.05) is 36.4 Å². The Bertz CT molecular complexity index is 1040. The molecule has 1 atom stereocenters. The molecule has 0 saturated carbocycles. The van der Waals surface area contributed by atoms with Crippen LogP contribution in [0.4, 0.5) is 5.69 Å². The molecule has 1 N–H and O–H groups in total. The number of nitrogens with one attached hydrogen (secondary N) is 1. The van der Waals surface area contributed by atoms with Gasteiger partial charge in [0.25, 0.3) is 5.91 Å². The number of benzene rings is 2. The fourth-order valence-corrected chi connectivity index (χ4v) is 3.67. The Balaban J connectivity index is 1.50. The lowest BCUT2D eigenvalue weighted by atomic mass is 10.0. The molecule has 1 aliphatic rings. The molecule has 0 radical (unpaired) electrons. The Morgan fingerprint density at radius 1 is 1.07 bits per heavy atom. The number of anilines is 1. The lowest BCUT2D eigenvalue weighted by Crippen LogP contribution is -2.43. The third kappa shape index (κ3) is 4.16. The summed E-state index contributed by atoms with van der Waals surface area (Å²) in [5.74, 6) is -0.439. The van der Waals surface area contributed by atoms with Gasteiger partial charge in [-0.3, -0.25) is 14.6 Å². The molecule has 146 valence electrons. The van der Waals surface area contributed by atoms with Gasteiger partial charge in [-0.15, -0.1) is 0 Å². The molecule has 29 heavy (non-hydrogen) atoms. The number of nitrogens with zero attached hydrogens (tertiary/aromatic N) is 3. The molecule has 6 nitrogen and oxygen atoms in total. The SMILES string of the molecule is Cc1cccc(-c2cccc(NC(=O)C3CCCN3C(=O)c3cnccn3)c2)c1. The molecule has 1 aliphatic heterocycles. The van der Waals surface area contributed by atoms with Crippen molar-refractivity contribution in [3.63, 3.8) is 0 Å². The number of aromatic nitrogens is 2. The average molecular weight is 386 g/mol. The first-order valence-corrected chi connectivity index (χ1v) is 9.67. The van der Waals surface area contributed by atoms with E-state index in [1.54, 1.807) is 4.90 Å². The largest absolute Gasteiger partial charge is 0.325 e. The van der Waals surface area contributed by atoms with Crippen molar-refractivity contribution >= 4 is 17.5 Å². The summed E-state index contributed by atoms with van der Waals surface area (Å²) < 4.78 is 0. The number of hydrogen-bond donors (Lipinski definition) is 1. The molecule has 1 saturated heterocycles. The first-order chi connectivity index (χ1) is 14.1. The Labute approximate surface area is 169 Å². The zero-order chi connectivity index (χ0) is 20.2. The minimum Gasteiger partial charge on any atom is -0.325 e. The third-order valence-corrected chi connectivity index (χ3v) is 5.08. The molecule has 0 aliphatic carbocycles. The molecule has 1 aromatic heterocycles. The third-order valence-electron chi connectivity index (χ3n) is 5.08. The van der Waals surface area contributed by atoms with Gasteiger partial charge in [0.2, 0.25) is 5.91 Å². The summed E-state index contributed by atoms with van der Waals surface area (Å²) in [5, 5.41) is 2.98. The summed E-state index contributed by atoms with van der Waals surface area (Å²) in [7, 11) is 0. The monoisotopic (exact) mass is 386 g/mol. The van der Waals surface area contributed by atoms with Crippen molar-refractivity contribution in [3.05, 3.63) is 78.4 Å². The van der Waals surface area contributed by atoms with E-state index in [0.717, 1.165) is 17.5 Å². The average Bonchev–Trinajstić information content (AvgIpc) is 3.24. The number of carbonyl (C=O) groups is 2. The fraction of sp³-hybridized carbons (Fsp3) is 0.217. The number of carbonyl (C=O) groups excluding carboxylic acids is 2. The summed E-state index contributed by atoms with van der Waals surface area (Å²) in [6.45, 7) is 2.59. The van der Waals surface area contributed by atoms with E-state index in [9.17, 15) is 9.59 Å². The highest BCUT2D eigenvalue weighted by atomic mass is 16.2. The number of aryl methyl sites for hydroxylation is 1. The van der Waals surface area contributed by atoms with Crippen LogP contribution in [0, 0.1) is 6.92 Å². The predicted octanol–water partition coefficient (Wildman–Crippen LogP) is 3.70. The first-order valence-electron chi connectivity index (χ1n) is 9.67. The smallest absolute Gasteiger partial charge is 0.274 e. The molecule has 1 unspecified atom stereocenters. The summed E-state index contributed by atoms with van der Waals surface area (Å²) in [5.41, 5.74) is 4.29. The Kier molecular flexibility index (Phi) is 5.33. The second-order valence-corrected chi connectivity index (χ2v) is 7.19. The van der Waals surface area contributed by atoms with Gasteiger partial charge in [0.05, 0.1) is 6.20 Å². The zero-order valence-electron chi connectivity index (χ0n) is 16.2. The quantitative estimate of drug-likeness (QED) is 0.742. The highest BCUT2D eigenvalue weighted by Crippen LogP contribution is 2.25. The molecular formula is C23H22N4O2. The van der Waals surface area contributed by atoms with Crippen LogP contribution in [0.15, 0.2) is 67.1 Å². The van der Waals surface area contributed by atoms with Gasteiger partial charge in [-0.05, 0) is 43.0 Å². The number of rotatable bonds is 4. The molecule has 2 heterocycles.